The fourth-order valence-corrected chi connectivity index (χ4v) is 4.26. The number of anilines is 2. The minimum Gasteiger partial charge on any atom is -0.426 e. The number of benzene rings is 1. The van der Waals surface area contributed by atoms with Gasteiger partial charge in [0.05, 0.1) is 36.4 Å². The van der Waals surface area contributed by atoms with Crippen molar-refractivity contribution in [1.82, 2.24) is 29.9 Å². The third-order valence-electron chi connectivity index (χ3n) is 5.97. The molecule has 1 aromatic carbocycles. The van der Waals surface area contributed by atoms with E-state index < -0.39 is 11.9 Å². The summed E-state index contributed by atoms with van der Waals surface area (Å²) < 4.78 is 52.8. The van der Waals surface area contributed by atoms with Crippen LogP contribution in [0.1, 0.15) is 34.2 Å². The minimum atomic E-state index is -4.68. The number of ether oxygens (including phenoxy) is 2. The van der Waals surface area contributed by atoms with E-state index in [-0.39, 0.29) is 59.7 Å². The SMILES string of the molecule is CCc1c(C(=O)NCCOCCN)ccc(Nc2nccn3c(-c4c(C(F)(F)F)n[nH]c4C)cnc23)c1OC=O. The molecule has 3 heterocycles. The number of nitrogens with two attached hydrogens (primary N) is 1. The number of aromatic nitrogens is 5. The van der Waals surface area contributed by atoms with E-state index in [0.717, 1.165) is 0 Å². The molecular weight excluding hydrogens is 533 g/mol. The van der Waals surface area contributed by atoms with Crippen LogP contribution in [0.25, 0.3) is 16.9 Å². The van der Waals surface area contributed by atoms with Gasteiger partial charge in [-0.15, -0.1) is 0 Å². The van der Waals surface area contributed by atoms with Gasteiger partial charge >= 0.3 is 6.18 Å². The quantitative estimate of drug-likeness (QED) is 0.151. The zero-order valence-electron chi connectivity index (χ0n) is 21.6. The Morgan fingerprint density at radius 3 is 2.75 bits per heavy atom. The maximum atomic E-state index is 13.6. The molecule has 0 unspecified atom stereocenters. The lowest BCUT2D eigenvalue weighted by molar-refractivity contribution is -0.140. The van der Waals surface area contributed by atoms with E-state index in [9.17, 15) is 22.8 Å². The highest BCUT2D eigenvalue weighted by molar-refractivity contribution is 5.97. The van der Waals surface area contributed by atoms with Crippen LogP contribution in [0, 0.1) is 6.92 Å². The summed E-state index contributed by atoms with van der Waals surface area (Å²) >= 11 is 0. The number of nitrogens with zero attached hydrogens (tertiary/aromatic N) is 4. The molecule has 0 radical (unpaired) electrons. The molecule has 3 aromatic heterocycles. The second-order valence-electron chi connectivity index (χ2n) is 8.50. The zero-order valence-corrected chi connectivity index (χ0v) is 21.6. The first kappa shape index (κ1) is 28.5. The number of hydrogen-bond donors (Lipinski definition) is 4. The number of H-pyrrole nitrogens is 1. The number of alkyl halides is 3. The Morgan fingerprint density at radius 1 is 1.25 bits per heavy atom. The van der Waals surface area contributed by atoms with Crippen LogP contribution in [0.5, 0.6) is 5.75 Å². The predicted octanol–water partition coefficient (Wildman–Crippen LogP) is 2.99. The summed E-state index contributed by atoms with van der Waals surface area (Å²) in [6.45, 7) is 4.80. The molecule has 4 rings (SSSR count). The molecule has 0 aliphatic heterocycles. The molecule has 0 saturated carbocycles. The molecule has 4 aromatic rings. The van der Waals surface area contributed by atoms with Gasteiger partial charge in [0, 0.05) is 42.3 Å². The summed E-state index contributed by atoms with van der Waals surface area (Å²) in [7, 11) is 0. The van der Waals surface area contributed by atoms with Crippen molar-refractivity contribution in [3.8, 4) is 17.0 Å². The van der Waals surface area contributed by atoms with Gasteiger partial charge in [0.25, 0.3) is 12.4 Å². The molecule has 0 saturated heterocycles. The number of imidazole rings is 1. The van der Waals surface area contributed by atoms with Gasteiger partial charge in [0.15, 0.2) is 22.9 Å². The van der Waals surface area contributed by atoms with E-state index in [2.05, 4.69) is 30.8 Å². The summed E-state index contributed by atoms with van der Waals surface area (Å²) in [5, 5.41) is 11.6. The standard InChI is InChI=1S/C25H27F3N8O4/c1-3-15-16(24(38)31-8-11-39-10-6-29)4-5-17(20(15)40-13-37)33-22-23-32-12-18(36(23)9-7-30-22)19-14(2)34-35-21(19)25(26,27)28/h4-5,7,9,12-13H,3,6,8,10-11,29H2,1-2H3,(H,30,33)(H,31,38)(H,34,35). The van der Waals surface area contributed by atoms with E-state index in [1.165, 1.54) is 36.0 Å². The van der Waals surface area contributed by atoms with Crippen LogP contribution in [0.2, 0.25) is 0 Å². The summed E-state index contributed by atoms with van der Waals surface area (Å²) in [6, 6.07) is 3.10. The predicted molar refractivity (Wildman–Crippen MR) is 138 cm³/mol. The number of rotatable bonds is 12. The van der Waals surface area contributed by atoms with Gasteiger partial charge in [-0.25, -0.2) is 9.97 Å². The lowest BCUT2D eigenvalue weighted by Gasteiger charge is -2.17. The largest absolute Gasteiger partial charge is 0.435 e. The van der Waals surface area contributed by atoms with Gasteiger partial charge in [-0.3, -0.25) is 19.1 Å². The Labute approximate surface area is 226 Å². The molecule has 0 fully saturated rings. The molecule has 0 spiro atoms. The van der Waals surface area contributed by atoms with E-state index in [0.29, 0.717) is 36.4 Å². The Balaban J connectivity index is 1.69. The van der Waals surface area contributed by atoms with Crippen molar-refractivity contribution in [2.45, 2.75) is 26.4 Å². The van der Waals surface area contributed by atoms with Crippen LogP contribution in [0.4, 0.5) is 24.7 Å². The summed E-state index contributed by atoms with van der Waals surface area (Å²) in [6.07, 6.45) is -0.183. The third kappa shape index (κ3) is 5.74. The highest BCUT2D eigenvalue weighted by Crippen LogP contribution is 2.39. The molecule has 5 N–H and O–H groups in total. The van der Waals surface area contributed by atoms with Gasteiger partial charge < -0.3 is 25.8 Å². The molecule has 12 nitrogen and oxygen atoms in total. The monoisotopic (exact) mass is 560 g/mol. The summed E-state index contributed by atoms with van der Waals surface area (Å²) in [5.41, 5.74) is 5.81. The number of aryl methyl sites for hydroxylation is 1. The van der Waals surface area contributed by atoms with Gasteiger partial charge in [-0.05, 0) is 25.5 Å². The number of fused-ring (bicyclic) bond motifs is 1. The second kappa shape index (κ2) is 12.1. The average molecular weight is 561 g/mol. The average Bonchev–Trinajstić information content (AvgIpc) is 3.52. The van der Waals surface area contributed by atoms with Crippen molar-refractivity contribution >= 4 is 29.5 Å². The number of aromatic amines is 1. The van der Waals surface area contributed by atoms with Crippen LogP contribution in [-0.4, -0.2) is 63.2 Å². The number of carbonyl (C=O) groups excluding carboxylic acids is 2. The third-order valence-corrected chi connectivity index (χ3v) is 5.97. The van der Waals surface area contributed by atoms with Crippen molar-refractivity contribution in [1.29, 1.82) is 0 Å². The molecule has 0 aliphatic rings. The molecule has 0 atom stereocenters. The first-order chi connectivity index (χ1) is 19.2. The molecule has 1 amide bonds. The highest BCUT2D eigenvalue weighted by atomic mass is 19.4. The van der Waals surface area contributed by atoms with Crippen molar-refractivity contribution in [2.75, 3.05) is 31.6 Å². The van der Waals surface area contributed by atoms with Gasteiger partial charge in [-0.1, -0.05) is 6.92 Å². The fraction of sp³-hybridized carbons (Fsp3) is 0.320. The van der Waals surface area contributed by atoms with E-state index in [4.69, 9.17) is 15.2 Å². The van der Waals surface area contributed by atoms with E-state index >= 15 is 0 Å². The second-order valence-corrected chi connectivity index (χ2v) is 8.50. The first-order valence-electron chi connectivity index (χ1n) is 12.2. The van der Waals surface area contributed by atoms with E-state index in [1.807, 2.05) is 0 Å². The van der Waals surface area contributed by atoms with Gasteiger partial charge in [0.2, 0.25) is 0 Å². The smallest absolute Gasteiger partial charge is 0.426 e. The van der Waals surface area contributed by atoms with Crippen LogP contribution >= 0.6 is 0 Å². The number of carbonyl (C=O) groups is 2. The molecule has 0 bridgehead atoms. The maximum absolute atomic E-state index is 13.6. The topological polar surface area (TPSA) is 162 Å². The van der Waals surface area contributed by atoms with Crippen molar-refractivity contribution in [3.05, 3.63) is 53.2 Å². The number of amides is 1. The van der Waals surface area contributed by atoms with Crippen LogP contribution in [0.3, 0.4) is 0 Å². The first-order valence-corrected chi connectivity index (χ1v) is 12.2. The van der Waals surface area contributed by atoms with Gasteiger partial charge in [0.1, 0.15) is 0 Å². The van der Waals surface area contributed by atoms with Crippen LogP contribution in [-0.2, 0) is 22.1 Å². The Bertz CT molecular complexity index is 1520. The van der Waals surface area contributed by atoms with Crippen LogP contribution < -0.4 is 21.1 Å². The van der Waals surface area contributed by atoms with E-state index in [1.54, 1.807) is 13.0 Å². The summed E-state index contributed by atoms with van der Waals surface area (Å²) in [5.74, 6) is -0.106. The van der Waals surface area contributed by atoms with Crippen LogP contribution in [0.15, 0.2) is 30.7 Å². The Hall–Kier alpha value is -4.50. The molecular formula is C25H27F3N8O4. The molecule has 212 valence electrons. The lowest BCUT2D eigenvalue weighted by Crippen LogP contribution is -2.29. The van der Waals surface area contributed by atoms with Crippen molar-refractivity contribution in [3.63, 3.8) is 0 Å². The lowest BCUT2D eigenvalue weighted by atomic mass is 10.0. The Morgan fingerprint density at radius 2 is 2.05 bits per heavy atom. The maximum Gasteiger partial charge on any atom is 0.435 e. The van der Waals surface area contributed by atoms with Crippen molar-refractivity contribution in [2.24, 2.45) is 5.73 Å². The normalized spacial score (nSPS) is 11.6. The highest BCUT2D eigenvalue weighted by Gasteiger charge is 2.38. The number of nitrogens with one attached hydrogen (secondary N) is 3. The number of halogens is 3. The zero-order chi connectivity index (χ0) is 28.9. The number of hydrogen-bond acceptors (Lipinski definition) is 9. The van der Waals surface area contributed by atoms with Crippen molar-refractivity contribution < 1.29 is 32.2 Å². The Kier molecular flexibility index (Phi) is 8.64. The molecule has 0 aliphatic carbocycles. The minimum absolute atomic E-state index is 0.102. The summed E-state index contributed by atoms with van der Waals surface area (Å²) in [4.78, 5) is 32.8. The molecule has 15 heteroatoms. The molecule has 40 heavy (non-hydrogen) atoms. The van der Waals surface area contributed by atoms with Gasteiger partial charge in [-0.2, -0.15) is 18.3 Å². The fourth-order valence-electron chi connectivity index (χ4n) is 4.26.